The molecule has 0 amide bonds. The van der Waals surface area contributed by atoms with Crippen molar-refractivity contribution in [3.05, 3.63) is 30.5 Å². The van der Waals surface area contributed by atoms with Crippen LogP contribution in [0.2, 0.25) is 0 Å². The zero-order valence-corrected chi connectivity index (χ0v) is 11.9. The van der Waals surface area contributed by atoms with E-state index in [0.717, 1.165) is 6.20 Å². The standard InChI is InChI=1S/C10H9ClN2O4S2/c11-19(16,17)6-5-18(14,15)10-7-12-8-3-1-2-4-9(8)13-10/h1-4,7H,5-6H2. The third-order valence-electron chi connectivity index (χ3n) is 2.34. The minimum Gasteiger partial charge on any atom is -0.252 e. The Morgan fingerprint density at radius 2 is 1.63 bits per heavy atom. The van der Waals surface area contributed by atoms with Crippen molar-refractivity contribution in [2.75, 3.05) is 11.5 Å². The van der Waals surface area contributed by atoms with E-state index in [2.05, 4.69) is 9.97 Å². The van der Waals surface area contributed by atoms with Gasteiger partial charge in [0, 0.05) is 10.7 Å². The van der Waals surface area contributed by atoms with Gasteiger partial charge in [-0.15, -0.1) is 0 Å². The molecule has 6 nitrogen and oxygen atoms in total. The van der Waals surface area contributed by atoms with Crippen LogP contribution >= 0.6 is 10.7 Å². The second-order valence-electron chi connectivity index (χ2n) is 3.76. The van der Waals surface area contributed by atoms with Crippen LogP contribution in [-0.4, -0.2) is 38.3 Å². The second kappa shape index (κ2) is 5.03. The lowest BCUT2D eigenvalue weighted by molar-refractivity contribution is 0.589. The van der Waals surface area contributed by atoms with Crippen molar-refractivity contribution < 1.29 is 16.8 Å². The summed E-state index contributed by atoms with van der Waals surface area (Å²) < 4.78 is 45.4. The van der Waals surface area contributed by atoms with Gasteiger partial charge < -0.3 is 0 Å². The van der Waals surface area contributed by atoms with Crippen molar-refractivity contribution in [2.45, 2.75) is 5.03 Å². The van der Waals surface area contributed by atoms with E-state index in [0.29, 0.717) is 11.0 Å². The second-order valence-corrected chi connectivity index (χ2v) is 8.71. The lowest BCUT2D eigenvalue weighted by Crippen LogP contribution is -2.15. The maximum atomic E-state index is 11.9. The minimum atomic E-state index is -3.86. The van der Waals surface area contributed by atoms with Gasteiger partial charge in [-0.05, 0) is 12.1 Å². The molecule has 0 saturated carbocycles. The predicted molar refractivity (Wildman–Crippen MR) is 71.2 cm³/mol. The van der Waals surface area contributed by atoms with Crippen LogP contribution in [-0.2, 0) is 18.9 Å². The highest BCUT2D eigenvalue weighted by atomic mass is 35.7. The van der Waals surface area contributed by atoms with Gasteiger partial charge in [-0.25, -0.2) is 21.8 Å². The molecule has 0 radical (unpaired) electrons. The Kier molecular flexibility index (Phi) is 3.75. The van der Waals surface area contributed by atoms with E-state index >= 15 is 0 Å². The molecular weight excluding hydrogens is 312 g/mol. The molecule has 1 aromatic carbocycles. The maximum Gasteiger partial charge on any atom is 0.233 e. The van der Waals surface area contributed by atoms with Crippen molar-refractivity contribution in [1.82, 2.24) is 9.97 Å². The van der Waals surface area contributed by atoms with Gasteiger partial charge >= 0.3 is 0 Å². The summed E-state index contributed by atoms with van der Waals surface area (Å²) in [6.07, 6.45) is 1.11. The molecule has 9 heteroatoms. The largest absolute Gasteiger partial charge is 0.252 e. The van der Waals surface area contributed by atoms with Gasteiger partial charge in [-0.2, -0.15) is 0 Å². The average molecular weight is 321 g/mol. The van der Waals surface area contributed by atoms with Crippen LogP contribution in [0.1, 0.15) is 0 Å². The number of halogens is 1. The van der Waals surface area contributed by atoms with E-state index in [9.17, 15) is 16.8 Å². The molecule has 2 aromatic rings. The Balaban J connectivity index is 2.38. The normalized spacial score (nSPS) is 12.7. The third-order valence-corrected chi connectivity index (χ3v) is 5.33. The van der Waals surface area contributed by atoms with Gasteiger partial charge in [-0.3, -0.25) is 4.98 Å². The summed E-state index contributed by atoms with van der Waals surface area (Å²) in [5.74, 6) is -1.28. The molecule has 1 heterocycles. The summed E-state index contributed by atoms with van der Waals surface area (Å²) in [5, 5.41) is -0.258. The van der Waals surface area contributed by atoms with E-state index < -0.39 is 30.4 Å². The first-order chi connectivity index (χ1) is 8.78. The van der Waals surface area contributed by atoms with Crippen molar-refractivity contribution in [3.8, 4) is 0 Å². The molecule has 0 atom stereocenters. The average Bonchev–Trinajstić information content (AvgIpc) is 2.35. The van der Waals surface area contributed by atoms with Crippen LogP contribution < -0.4 is 0 Å². The fourth-order valence-electron chi connectivity index (χ4n) is 1.40. The topological polar surface area (TPSA) is 94.1 Å². The summed E-state index contributed by atoms with van der Waals surface area (Å²) in [7, 11) is -2.69. The zero-order chi connectivity index (χ0) is 14.1. The van der Waals surface area contributed by atoms with Crippen LogP contribution in [0, 0.1) is 0 Å². The van der Waals surface area contributed by atoms with Crippen LogP contribution in [0.5, 0.6) is 0 Å². The van der Waals surface area contributed by atoms with E-state index in [1.807, 2.05) is 0 Å². The molecule has 0 aliphatic carbocycles. The highest BCUT2D eigenvalue weighted by molar-refractivity contribution is 8.14. The molecule has 0 N–H and O–H groups in total. The summed E-state index contributed by atoms with van der Waals surface area (Å²) in [6, 6.07) is 6.78. The van der Waals surface area contributed by atoms with Gasteiger partial charge in [-0.1, -0.05) is 12.1 Å². The smallest absolute Gasteiger partial charge is 0.233 e. The number of hydrogen-bond donors (Lipinski definition) is 0. The van der Waals surface area contributed by atoms with E-state index in [1.54, 1.807) is 24.3 Å². The summed E-state index contributed by atoms with van der Waals surface area (Å²) in [5.41, 5.74) is 0.990. The molecule has 1 aromatic heterocycles. The first-order valence-corrected chi connectivity index (χ1v) is 9.28. The molecule has 0 unspecified atom stereocenters. The van der Waals surface area contributed by atoms with Crippen LogP contribution in [0.4, 0.5) is 0 Å². The van der Waals surface area contributed by atoms with Crippen molar-refractivity contribution in [3.63, 3.8) is 0 Å². The number of fused-ring (bicyclic) bond motifs is 1. The molecule has 0 bridgehead atoms. The fraction of sp³-hybridized carbons (Fsp3) is 0.200. The number of benzene rings is 1. The number of sulfone groups is 1. The number of para-hydroxylation sites is 2. The van der Waals surface area contributed by atoms with Crippen LogP contribution in [0.3, 0.4) is 0 Å². The Labute approximate surface area is 114 Å². The number of rotatable bonds is 4. The molecule has 19 heavy (non-hydrogen) atoms. The van der Waals surface area contributed by atoms with Crippen LogP contribution in [0.25, 0.3) is 11.0 Å². The van der Waals surface area contributed by atoms with Crippen molar-refractivity contribution in [1.29, 1.82) is 0 Å². The SMILES string of the molecule is O=S(=O)(Cl)CCS(=O)(=O)c1cnc2ccccc2n1. The van der Waals surface area contributed by atoms with Crippen LogP contribution in [0.15, 0.2) is 35.5 Å². The number of nitrogens with zero attached hydrogens (tertiary/aromatic N) is 2. The first kappa shape index (κ1) is 14.2. The molecular formula is C10H9ClN2O4S2. The molecule has 0 aliphatic rings. The van der Waals surface area contributed by atoms with E-state index in [-0.39, 0.29) is 5.03 Å². The Bertz CT molecular complexity index is 818. The fourth-order valence-corrected chi connectivity index (χ4v) is 4.30. The lowest BCUT2D eigenvalue weighted by Gasteiger charge is -2.03. The quantitative estimate of drug-likeness (QED) is 0.779. The van der Waals surface area contributed by atoms with E-state index in [1.165, 1.54) is 0 Å². The number of aromatic nitrogens is 2. The monoisotopic (exact) mass is 320 g/mol. The number of hydrogen-bond acceptors (Lipinski definition) is 6. The van der Waals surface area contributed by atoms with Crippen molar-refractivity contribution >= 4 is 40.6 Å². The first-order valence-electron chi connectivity index (χ1n) is 5.15. The minimum absolute atomic E-state index is 0.258. The highest BCUT2D eigenvalue weighted by Crippen LogP contribution is 2.14. The van der Waals surface area contributed by atoms with Gasteiger partial charge in [0.1, 0.15) is 0 Å². The van der Waals surface area contributed by atoms with Gasteiger partial charge in [0.2, 0.25) is 9.05 Å². The van der Waals surface area contributed by atoms with Gasteiger partial charge in [0.25, 0.3) is 0 Å². The molecule has 0 aliphatic heterocycles. The highest BCUT2D eigenvalue weighted by Gasteiger charge is 2.20. The predicted octanol–water partition coefficient (Wildman–Crippen LogP) is 0.972. The van der Waals surface area contributed by atoms with Crippen molar-refractivity contribution in [2.24, 2.45) is 0 Å². The summed E-state index contributed by atoms with van der Waals surface area (Å²) in [4.78, 5) is 7.93. The Morgan fingerprint density at radius 1 is 1.00 bits per heavy atom. The molecule has 2 rings (SSSR count). The maximum absolute atomic E-state index is 11.9. The van der Waals surface area contributed by atoms with Gasteiger partial charge in [0.15, 0.2) is 14.9 Å². The molecule has 0 spiro atoms. The molecule has 0 saturated heterocycles. The van der Waals surface area contributed by atoms with Gasteiger partial charge in [0.05, 0.1) is 28.7 Å². The Morgan fingerprint density at radius 3 is 2.26 bits per heavy atom. The lowest BCUT2D eigenvalue weighted by atomic mass is 10.3. The molecule has 0 fully saturated rings. The summed E-state index contributed by atoms with van der Waals surface area (Å²) >= 11 is 0. The van der Waals surface area contributed by atoms with E-state index in [4.69, 9.17) is 10.7 Å². The molecule has 102 valence electrons. The third kappa shape index (κ3) is 3.62. The zero-order valence-electron chi connectivity index (χ0n) is 9.52. The Hall–Kier alpha value is -1.25. The summed E-state index contributed by atoms with van der Waals surface area (Å²) in [6.45, 7) is 0.